The molecule has 1 heterocycles. The normalized spacial score (nSPS) is 13.6. The van der Waals surface area contributed by atoms with Gasteiger partial charge in [0.1, 0.15) is 0 Å². The maximum absolute atomic E-state index is 13.0. The predicted octanol–water partition coefficient (Wildman–Crippen LogP) is 3.98. The van der Waals surface area contributed by atoms with Gasteiger partial charge in [0, 0.05) is 12.0 Å². The zero-order valence-electron chi connectivity index (χ0n) is 15.0. The molecule has 1 aromatic carbocycles. The summed E-state index contributed by atoms with van der Waals surface area (Å²) in [7, 11) is 0. The first-order valence-corrected chi connectivity index (χ1v) is 8.04. The second-order valence-corrected chi connectivity index (χ2v) is 5.83. The molecular weight excluding hydrogens is 361 g/mol. The first-order chi connectivity index (χ1) is 12.5. The number of nitrogen functional groups attached to an aromatic ring is 1. The molecule has 0 bridgehead atoms. The van der Waals surface area contributed by atoms with Gasteiger partial charge in [-0.25, -0.2) is 4.98 Å². The molecule has 9 heteroatoms. The Morgan fingerprint density at radius 1 is 1.37 bits per heavy atom. The maximum Gasteiger partial charge on any atom is 0.434 e. The zero-order valence-corrected chi connectivity index (χ0v) is 15.0. The number of carbonyl (C=O) groups excluding carboxylic acids is 1. The molecule has 2 rings (SSSR count). The van der Waals surface area contributed by atoms with Crippen LogP contribution in [0.1, 0.15) is 48.8 Å². The Kier molecular flexibility index (Phi) is 5.43. The zero-order chi connectivity index (χ0) is 20.5. The van der Waals surface area contributed by atoms with Crippen LogP contribution in [-0.2, 0) is 6.18 Å². The summed E-state index contributed by atoms with van der Waals surface area (Å²) in [6.45, 7) is 5.04. The second kappa shape index (κ2) is 7.26. The summed E-state index contributed by atoms with van der Waals surface area (Å²) < 4.78 is 39.0. The number of alkyl halides is 3. The van der Waals surface area contributed by atoms with Crippen LogP contribution in [0.25, 0.3) is 16.6 Å². The Bertz CT molecular complexity index is 979. The lowest BCUT2D eigenvalue weighted by molar-refractivity contribution is -0.141. The number of nitrogens with two attached hydrogens (primary N) is 2. The highest BCUT2D eigenvalue weighted by atomic mass is 19.4. The number of hydrogen-bond donors (Lipinski definition) is 3. The van der Waals surface area contributed by atoms with E-state index in [9.17, 15) is 23.1 Å². The number of nitrogens with zero attached hydrogens (tertiary/aromatic N) is 2. The fourth-order valence-electron chi connectivity index (χ4n) is 2.76. The standard InChI is InChI=1S/C18H19F3N4O2/c1-4-9(8(3)12(26)5-2)14-15(22)10(17(23)27)6-11-16(14)24-7-13(25-11)18(19,20)21/h4,6-7,26H,5,22H2,1-3H3,(H2,23,27)/b9-4+,12-8+. The van der Waals surface area contributed by atoms with Crippen LogP contribution in [0.2, 0.25) is 0 Å². The molecule has 0 saturated carbocycles. The summed E-state index contributed by atoms with van der Waals surface area (Å²) >= 11 is 0. The number of aliphatic hydroxyl groups is 1. The van der Waals surface area contributed by atoms with E-state index in [1.54, 1.807) is 26.8 Å². The van der Waals surface area contributed by atoms with Crippen molar-refractivity contribution in [1.29, 1.82) is 0 Å². The number of amides is 1. The van der Waals surface area contributed by atoms with Crippen LogP contribution in [0.4, 0.5) is 18.9 Å². The quantitative estimate of drug-likeness (QED) is 0.422. The maximum atomic E-state index is 13.0. The molecule has 0 saturated heterocycles. The van der Waals surface area contributed by atoms with Gasteiger partial charge in [-0.1, -0.05) is 13.0 Å². The molecule has 0 aliphatic carbocycles. The topological polar surface area (TPSA) is 115 Å². The summed E-state index contributed by atoms with van der Waals surface area (Å²) in [5.74, 6) is -0.841. The van der Waals surface area contributed by atoms with Crippen molar-refractivity contribution in [1.82, 2.24) is 9.97 Å². The van der Waals surface area contributed by atoms with E-state index >= 15 is 0 Å². The summed E-state index contributed by atoms with van der Waals surface area (Å²) in [6.07, 6.45) is -2.15. The highest BCUT2D eigenvalue weighted by Crippen LogP contribution is 2.37. The molecule has 0 fully saturated rings. The highest BCUT2D eigenvalue weighted by Gasteiger charge is 2.33. The minimum Gasteiger partial charge on any atom is -0.512 e. The van der Waals surface area contributed by atoms with E-state index in [4.69, 9.17) is 11.5 Å². The molecule has 0 aliphatic rings. The third-order valence-electron chi connectivity index (χ3n) is 4.16. The monoisotopic (exact) mass is 380 g/mol. The fraction of sp³-hybridized carbons (Fsp3) is 0.278. The molecule has 0 radical (unpaired) electrons. The number of primary amides is 1. The van der Waals surface area contributed by atoms with Gasteiger partial charge in [0.25, 0.3) is 5.91 Å². The van der Waals surface area contributed by atoms with Crippen molar-refractivity contribution in [3.05, 3.63) is 46.5 Å². The average molecular weight is 380 g/mol. The third-order valence-corrected chi connectivity index (χ3v) is 4.16. The number of aliphatic hydroxyl groups excluding tert-OH is 1. The van der Waals surface area contributed by atoms with Crippen molar-refractivity contribution in [2.24, 2.45) is 5.73 Å². The van der Waals surface area contributed by atoms with Gasteiger partial charge in [-0.3, -0.25) is 9.78 Å². The van der Waals surface area contributed by atoms with E-state index < -0.39 is 17.8 Å². The van der Waals surface area contributed by atoms with E-state index in [2.05, 4.69) is 9.97 Å². The van der Waals surface area contributed by atoms with E-state index in [1.807, 2.05) is 0 Å². The number of hydrogen-bond acceptors (Lipinski definition) is 5. The van der Waals surface area contributed by atoms with Gasteiger partial charge in [-0.2, -0.15) is 13.2 Å². The van der Waals surface area contributed by atoms with Crippen molar-refractivity contribution in [2.75, 3.05) is 5.73 Å². The third kappa shape index (κ3) is 3.71. The van der Waals surface area contributed by atoms with Crippen LogP contribution in [0, 0.1) is 0 Å². The van der Waals surface area contributed by atoms with Crippen molar-refractivity contribution in [2.45, 2.75) is 33.4 Å². The summed E-state index contributed by atoms with van der Waals surface area (Å²) in [6, 6.07) is 1.09. The Hall–Kier alpha value is -3.10. The molecule has 2 aromatic rings. The number of fused-ring (bicyclic) bond motifs is 1. The van der Waals surface area contributed by atoms with Crippen LogP contribution >= 0.6 is 0 Å². The Morgan fingerprint density at radius 3 is 2.48 bits per heavy atom. The Morgan fingerprint density at radius 2 is 2.00 bits per heavy atom. The van der Waals surface area contributed by atoms with Gasteiger partial charge < -0.3 is 16.6 Å². The van der Waals surface area contributed by atoms with Crippen LogP contribution in [0.3, 0.4) is 0 Å². The average Bonchev–Trinajstić information content (AvgIpc) is 2.61. The molecule has 1 amide bonds. The number of allylic oxidation sites excluding steroid dienone is 4. The van der Waals surface area contributed by atoms with Gasteiger partial charge in [0.15, 0.2) is 5.69 Å². The number of halogens is 3. The number of carbonyl (C=O) groups is 1. The molecule has 0 spiro atoms. The van der Waals surface area contributed by atoms with Gasteiger partial charge in [-0.15, -0.1) is 0 Å². The molecular formula is C18H19F3N4O2. The van der Waals surface area contributed by atoms with Gasteiger partial charge in [0.2, 0.25) is 0 Å². The van der Waals surface area contributed by atoms with Crippen LogP contribution in [0.5, 0.6) is 0 Å². The molecule has 27 heavy (non-hydrogen) atoms. The Balaban J connectivity index is 2.96. The fourth-order valence-corrected chi connectivity index (χ4v) is 2.76. The minimum absolute atomic E-state index is 0.0413. The minimum atomic E-state index is -4.70. The van der Waals surface area contributed by atoms with E-state index in [1.165, 1.54) is 0 Å². The van der Waals surface area contributed by atoms with Crippen LogP contribution < -0.4 is 11.5 Å². The number of rotatable bonds is 4. The molecule has 1 aromatic heterocycles. The predicted molar refractivity (Wildman–Crippen MR) is 96.7 cm³/mol. The van der Waals surface area contributed by atoms with E-state index in [0.29, 0.717) is 23.8 Å². The largest absolute Gasteiger partial charge is 0.512 e. The first kappa shape index (κ1) is 20.2. The van der Waals surface area contributed by atoms with Gasteiger partial charge in [0.05, 0.1) is 34.2 Å². The smallest absolute Gasteiger partial charge is 0.434 e. The summed E-state index contributed by atoms with van der Waals surface area (Å²) in [5, 5.41) is 10.1. The van der Waals surface area contributed by atoms with Crippen LogP contribution in [-0.4, -0.2) is 21.0 Å². The van der Waals surface area contributed by atoms with Gasteiger partial charge in [-0.05, 0) is 31.1 Å². The number of aromatic nitrogens is 2. The molecule has 6 nitrogen and oxygen atoms in total. The first-order valence-electron chi connectivity index (χ1n) is 8.04. The van der Waals surface area contributed by atoms with Gasteiger partial charge >= 0.3 is 6.18 Å². The second-order valence-electron chi connectivity index (χ2n) is 5.83. The van der Waals surface area contributed by atoms with Crippen molar-refractivity contribution < 1.29 is 23.1 Å². The lowest BCUT2D eigenvalue weighted by Gasteiger charge is -2.17. The molecule has 144 valence electrons. The van der Waals surface area contributed by atoms with Crippen LogP contribution in [0.15, 0.2) is 29.7 Å². The lowest BCUT2D eigenvalue weighted by Crippen LogP contribution is -2.16. The molecule has 0 aliphatic heterocycles. The number of benzene rings is 1. The van der Waals surface area contributed by atoms with Crippen molar-refractivity contribution in [3.8, 4) is 0 Å². The van der Waals surface area contributed by atoms with E-state index in [0.717, 1.165) is 6.07 Å². The molecule has 5 N–H and O–H groups in total. The van der Waals surface area contributed by atoms with Crippen molar-refractivity contribution in [3.63, 3.8) is 0 Å². The molecule has 0 atom stereocenters. The lowest BCUT2D eigenvalue weighted by atomic mass is 9.92. The summed E-state index contributed by atoms with van der Waals surface area (Å²) in [5.41, 5.74) is 11.0. The van der Waals surface area contributed by atoms with Crippen molar-refractivity contribution >= 4 is 28.2 Å². The SMILES string of the molecule is C/C=C(\C(C)=C(\O)CC)c1c(N)c(C(N)=O)cc2nc(C(F)(F)F)cnc12. The number of anilines is 1. The summed E-state index contributed by atoms with van der Waals surface area (Å²) in [4.78, 5) is 19.2. The molecule has 0 unspecified atom stereocenters. The highest BCUT2D eigenvalue weighted by molar-refractivity contribution is 6.08. The van der Waals surface area contributed by atoms with E-state index in [-0.39, 0.29) is 33.6 Å². The Labute approximate surface area is 153 Å².